The smallest absolute Gasteiger partial charge is 0.255 e. The Morgan fingerprint density at radius 3 is 2.94 bits per heavy atom. The molecule has 3 N–H and O–H groups in total. The number of pyridine rings is 1. The van der Waals surface area contributed by atoms with Gasteiger partial charge in [-0.3, -0.25) is 4.79 Å². The van der Waals surface area contributed by atoms with Crippen LogP contribution in [0.3, 0.4) is 0 Å². The number of rotatable bonds is 3. The van der Waals surface area contributed by atoms with Crippen LogP contribution >= 0.6 is 11.3 Å². The highest BCUT2D eigenvalue weighted by molar-refractivity contribution is 7.11. The van der Waals surface area contributed by atoms with Gasteiger partial charge in [-0.25, -0.2) is 14.4 Å². The van der Waals surface area contributed by atoms with Crippen molar-refractivity contribution in [3.8, 4) is 0 Å². The van der Waals surface area contributed by atoms with Crippen LogP contribution in [-0.4, -0.2) is 15.9 Å². The molecule has 0 unspecified atom stereocenters. The third kappa shape index (κ3) is 2.80. The number of hydrogen-bond acceptors (Lipinski definition) is 5. The molecule has 0 atom stereocenters. The van der Waals surface area contributed by atoms with Crippen LogP contribution in [0.2, 0.25) is 0 Å². The summed E-state index contributed by atoms with van der Waals surface area (Å²) in [6, 6.07) is 1.07. The minimum atomic E-state index is -0.594. The van der Waals surface area contributed by atoms with Crippen LogP contribution in [0.1, 0.15) is 20.2 Å². The molecule has 0 aliphatic rings. The van der Waals surface area contributed by atoms with Crippen molar-refractivity contribution in [3.05, 3.63) is 39.7 Å². The van der Waals surface area contributed by atoms with Crippen molar-refractivity contribution in [1.82, 2.24) is 15.3 Å². The van der Waals surface area contributed by atoms with Crippen molar-refractivity contribution in [2.75, 3.05) is 5.73 Å². The minimum Gasteiger partial charge on any atom is -0.383 e. The van der Waals surface area contributed by atoms with Crippen LogP contribution in [0, 0.1) is 12.7 Å². The van der Waals surface area contributed by atoms with Crippen molar-refractivity contribution in [2.24, 2.45) is 0 Å². The largest absolute Gasteiger partial charge is 0.383 e. The van der Waals surface area contributed by atoms with Crippen LogP contribution in [0.15, 0.2) is 18.5 Å². The Morgan fingerprint density at radius 1 is 1.50 bits per heavy atom. The van der Waals surface area contributed by atoms with E-state index >= 15 is 0 Å². The molecule has 18 heavy (non-hydrogen) atoms. The number of carbonyl (C=O) groups excluding carboxylic acids is 1. The van der Waals surface area contributed by atoms with E-state index in [0.717, 1.165) is 22.1 Å². The molecule has 7 heteroatoms. The number of amides is 1. The van der Waals surface area contributed by atoms with Gasteiger partial charge in [0, 0.05) is 11.1 Å². The van der Waals surface area contributed by atoms with Gasteiger partial charge < -0.3 is 11.1 Å². The Kier molecular flexibility index (Phi) is 3.52. The topological polar surface area (TPSA) is 80.9 Å². The van der Waals surface area contributed by atoms with Crippen LogP contribution in [0.25, 0.3) is 0 Å². The quantitative estimate of drug-likeness (QED) is 0.882. The summed E-state index contributed by atoms with van der Waals surface area (Å²) in [6.07, 6.45) is 2.66. The molecule has 2 aromatic rings. The van der Waals surface area contributed by atoms with Crippen LogP contribution in [0.5, 0.6) is 0 Å². The van der Waals surface area contributed by atoms with E-state index < -0.39 is 11.7 Å². The molecule has 2 heterocycles. The number of halogens is 1. The predicted molar refractivity (Wildman–Crippen MR) is 66.6 cm³/mol. The van der Waals surface area contributed by atoms with Gasteiger partial charge in [-0.1, -0.05) is 0 Å². The molecule has 0 spiro atoms. The predicted octanol–water partition coefficient (Wildman–Crippen LogP) is 1.50. The van der Waals surface area contributed by atoms with Crippen molar-refractivity contribution < 1.29 is 9.18 Å². The molecule has 1 amide bonds. The Balaban J connectivity index is 2.05. The van der Waals surface area contributed by atoms with Gasteiger partial charge in [0.15, 0.2) is 0 Å². The fraction of sp³-hybridized carbons (Fsp3) is 0.182. The fourth-order valence-corrected chi connectivity index (χ4v) is 2.12. The molecule has 0 aromatic carbocycles. The van der Waals surface area contributed by atoms with Gasteiger partial charge in [0.2, 0.25) is 0 Å². The Hall–Kier alpha value is -2.02. The molecule has 0 saturated carbocycles. The summed E-state index contributed by atoms with van der Waals surface area (Å²) in [6.45, 7) is 2.21. The van der Waals surface area contributed by atoms with Crippen molar-refractivity contribution >= 4 is 23.1 Å². The summed E-state index contributed by atoms with van der Waals surface area (Å²) in [5, 5.41) is 3.56. The highest BCUT2D eigenvalue weighted by atomic mass is 32.1. The molecule has 0 saturated heterocycles. The van der Waals surface area contributed by atoms with Gasteiger partial charge in [0.1, 0.15) is 11.6 Å². The maximum absolute atomic E-state index is 13.0. The maximum atomic E-state index is 13.0. The van der Waals surface area contributed by atoms with Crippen LogP contribution < -0.4 is 11.1 Å². The highest BCUT2D eigenvalue weighted by Crippen LogP contribution is 2.13. The number of nitrogens with two attached hydrogens (primary N) is 1. The van der Waals surface area contributed by atoms with E-state index in [1.165, 1.54) is 11.3 Å². The first-order chi connectivity index (χ1) is 8.56. The van der Waals surface area contributed by atoms with E-state index in [-0.39, 0.29) is 11.4 Å². The van der Waals surface area contributed by atoms with Gasteiger partial charge in [-0.15, -0.1) is 11.3 Å². The van der Waals surface area contributed by atoms with Crippen LogP contribution in [0.4, 0.5) is 10.2 Å². The summed E-state index contributed by atoms with van der Waals surface area (Å²) in [4.78, 5) is 20.4. The summed E-state index contributed by atoms with van der Waals surface area (Å²) in [7, 11) is 0. The zero-order valence-electron chi connectivity index (χ0n) is 9.61. The maximum Gasteiger partial charge on any atom is 0.255 e. The SMILES string of the molecule is Cc1ncc(CNC(=O)c2cc(F)cnc2N)s1. The van der Waals surface area contributed by atoms with E-state index in [1.54, 1.807) is 6.20 Å². The molecule has 0 aliphatic carbocycles. The number of nitrogens with zero attached hydrogens (tertiary/aromatic N) is 2. The first-order valence-electron chi connectivity index (χ1n) is 5.17. The minimum absolute atomic E-state index is 0.00869. The van der Waals surface area contributed by atoms with Crippen molar-refractivity contribution in [2.45, 2.75) is 13.5 Å². The molecular formula is C11H11FN4OS. The fourth-order valence-electron chi connectivity index (χ4n) is 1.38. The standard InChI is InChI=1S/C11H11FN4OS/c1-6-14-4-8(18-6)5-16-11(17)9-2-7(12)3-15-10(9)13/h2-4H,5H2,1H3,(H2,13,15)(H,16,17). The molecule has 0 bridgehead atoms. The van der Waals surface area contributed by atoms with Gasteiger partial charge in [-0.2, -0.15) is 0 Å². The summed E-state index contributed by atoms with van der Waals surface area (Å²) < 4.78 is 13.0. The molecule has 0 radical (unpaired) electrons. The molecule has 5 nitrogen and oxygen atoms in total. The number of aryl methyl sites for hydroxylation is 1. The van der Waals surface area contributed by atoms with Gasteiger partial charge in [0.05, 0.1) is 23.3 Å². The number of nitrogen functional groups attached to an aromatic ring is 1. The Labute approximate surface area is 107 Å². The van der Waals surface area contributed by atoms with Gasteiger partial charge in [-0.05, 0) is 13.0 Å². The Morgan fingerprint density at radius 2 is 2.28 bits per heavy atom. The summed E-state index contributed by atoms with van der Waals surface area (Å²) >= 11 is 1.49. The van der Waals surface area contributed by atoms with Crippen molar-refractivity contribution in [1.29, 1.82) is 0 Å². The molecule has 2 rings (SSSR count). The second-order valence-corrected chi connectivity index (χ2v) is 4.93. The lowest BCUT2D eigenvalue weighted by Crippen LogP contribution is -2.24. The molecule has 0 aliphatic heterocycles. The number of anilines is 1. The Bertz CT molecular complexity index is 584. The van der Waals surface area contributed by atoms with E-state index in [9.17, 15) is 9.18 Å². The van der Waals surface area contributed by atoms with E-state index in [2.05, 4.69) is 15.3 Å². The molecule has 0 fully saturated rings. The summed E-state index contributed by atoms with van der Waals surface area (Å²) in [5.74, 6) is -1.04. The lowest BCUT2D eigenvalue weighted by Gasteiger charge is -2.05. The number of nitrogens with one attached hydrogen (secondary N) is 1. The van der Waals surface area contributed by atoms with Crippen molar-refractivity contribution in [3.63, 3.8) is 0 Å². The van der Waals surface area contributed by atoms with E-state index in [4.69, 9.17) is 5.73 Å². The average Bonchev–Trinajstić information content (AvgIpc) is 2.75. The van der Waals surface area contributed by atoms with E-state index in [0.29, 0.717) is 6.54 Å². The molecule has 94 valence electrons. The second-order valence-electron chi connectivity index (χ2n) is 3.61. The number of hydrogen-bond donors (Lipinski definition) is 2. The zero-order valence-corrected chi connectivity index (χ0v) is 10.4. The molecular weight excluding hydrogens is 255 g/mol. The third-order valence-corrected chi connectivity index (χ3v) is 3.13. The average molecular weight is 266 g/mol. The van der Waals surface area contributed by atoms with Crippen LogP contribution in [-0.2, 0) is 6.54 Å². The number of aromatic nitrogens is 2. The highest BCUT2D eigenvalue weighted by Gasteiger charge is 2.12. The lowest BCUT2D eigenvalue weighted by molar-refractivity contribution is 0.0951. The second kappa shape index (κ2) is 5.09. The summed E-state index contributed by atoms with van der Waals surface area (Å²) in [5.41, 5.74) is 5.55. The number of carbonyl (C=O) groups is 1. The van der Waals surface area contributed by atoms with E-state index in [1.807, 2.05) is 6.92 Å². The first kappa shape index (κ1) is 12.4. The number of thiazole rings is 1. The zero-order chi connectivity index (χ0) is 13.1. The third-order valence-electron chi connectivity index (χ3n) is 2.22. The van der Waals surface area contributed by atoms with Gasteiger partial charge in [0.25, 0.3) is 5.91 Å². The monoisotopic (exact) mass is 266 g/mol. The first-order valence-corrected chi connectivity index (χ1v) is 5.98. The lowest BCUT2D eigenvalue weighted by atomic mass is 10.2. The normalized spacial score (nSPS) is 10.3. The molecule has 2 aromatic heterocycles. The van der Waals surface area contributed by atoms with Gasteiger partial charge >= 0.3 is 0 Å².